The molecule has 0 bridgehead atoms. The number of aryl methyl sites for hydroxylation is 1. The van der Waals surface area contributed by atoms with Gasteiger partial charge in [-0.1, -0.05) is 62.1 Å². The number of benzene rings is 1. The van der Waals surface area contributed by atoms with Gasteiger partial charge in [0.2, 0.25) is 0 Å². The largest absolute Gasteiger partial charge is 0.394 e. The number of hydrogen-bond acceptors (Lipinski definition) is 13. The summed E-state index contributed by atoms with van der Waals surface area (Å²) in [5.74, 6) is -0.623. The van der Waals surface area contributed by atoms with Crippen LogP contribution in [0.2, 0.25) is 5.15 Å². The summed E-state index contributed by atoms with van der Waals surface area (Å²) < 4.78 is 0. The Morgan fingerprint density at radius 1 is 0.981 bits per heavy atom. The molecule has 3 amide bonds. The normalized spacial score (nSPS) is 16.6. The van der Waals surface area contributed by atoms with Crippen LogP contribution in [0.1, 0.15) is 74.0 Å². The van der Waals surface area contributed by atoms with E-state index in [4.69, 9.17) is 23.1 Å². The molecule has 1 aromatic heterocycles. The number of halogens is 1. The predicted molar refractivity (Wildman–Crippen MR) is 208 cm³/mol. The van der Waals surface area contributed by atoms with Crippen LogP contribution in [0.15, 0.2) is 24.3 Å². The molecular weight excluding hydrogens is 718 g/mol. The number of likely N-dealkylation sites (tertiary alicyclic amines) is 1. The van der Waals surface area contributed by atoms with E-state index in [0.29, 0.717) is 45.7 Å². The molecule has 0 saturated carbocycles. The topological polar surface area (TPSA) is 238 Å². The minimum absolute atomic E-state index is 0.0220. The van der Waals surface area contributed by atoms with E-state index in [1.54, 1.807) is 14.9 Å². The first-order chi connectivity index (χ1) is 25.7. The minimum atomic E-state index is -1.75. The lowest BCUT2D eigenvalue weighted by molar-refractivity contribution is -0.131. The summed E-state index contributed by atoms with van der Waals surface area (Å²) in [6.07, 6.45) is -0.692. The van der Waals surface area contributed by atoms with Gasteiger partial charge in [0.15, 0.2) is 22.5 Å². The highest BCUT2D eigenvalue weighted by Crippen LogP contribution is 2.22. The molecule has 10 N–H and O–H groups in total. The maximum atomic E-state index is 14.0. The van der Waals surface area contributed by atoms with Crippen molar-refractivity contribution in [3.05, 3.63) is 46.2 Å². The van der Waals surface area contributed by atoms with Gasteiger partial charge in [-0.3, -0.25) is 9.80 Å². The number of rotatable bonds is 21. The van der Waals surface area contributed by atoms with E-state index >= 15 is 0 Å². The average Bonchev–Trinajstić information content (AvgIpc) is 3.16. The fourth-order valence-electron chi connectivity index (χ4n) is 6.87. The molecule has 1 aliphatic rings. The second-order valence-electron chi connectivity index (χ2n) is 14.3. The van der Waals surface area contributed by atoms with E-state index in [2.05, 4.69) is 53.2 Å². The van der Waals surface area contributed by atoms with Gasteiger partial charge in [0, 0.05) is 51.9 Å². The van der Waals surface area contributed by atoms with Crippen molar-refractivity contribution in [2.75, 3.05) is 70.9 Å². The Bertz CT molecular complexity index is 1470. The summed E-state index contributed by atoms with van der Waals surface area (Å²) in [6, 6.07) is 8.11. The van der Waals surface area contributed by atoms with E-state index in [-0.39, 0.29) is 47.0 Å². The number of anilines is 2. The van der Waals surface area contributed by atoms with Crippen LogP contribution in [0.25, 0.3) is 0 Å². The van der Waals surface area contributed by atoms with Crippen molar-refractivity contribution in [3.63, 3.8) is 0 Å². The zero-order valence-corrected chi connectivity index (χ0v) is 32.9. The maximum Gasteiger partial charge on any atom is 0.334 e. The van der Waals surface area contributed by atoms with E-state index in [9.17, 15) is 35.1 Å². The number of unbranched alkanes of at least 4 members (excludes halogenated alkanes) is 3. The van der Waals surface area contributed by atoms with Gasteiger partial charge in [-0.05, 0) is 63.6 Å². The van der Waals surface area contributed by atoms with Gasteiger partial charge in [-0.25, -0.2) is 19.8 Å². The summed E-state index contributed by atoms with van der Waals surface area (Å²) in [4.78, 5) is 39.1. The molecule has 16 nitrogen and oxygen atoms in total. The molecular formula is C37H62ClN9O7. The van der Waals surface area contributed by atoms with Crippen molar-refractivity contribution >= 4 is 35.2 Å². The second-order valence-corrected chi connectivity index (χ2v) is 14.6. The first-order valence-electron chi connectivity index (χ1n) is 19.0. The van der Waals surface area contributed by atoms with Crippen molar-refractivity contribution in [1.29, 1.82) is 0 Å². The Balaban J connectivity index is 1.67. The Labute approximate surface area is 324 Å². The van der Waals surface area contributed by atoms with Crippen LogP contribution in [0, 0.1) is 12.8 Å². The van der Waals surface area contributed by atoms with Crippen molar-refractivity contribution in [3.8, 4) is 0 Å². The Kier molecular flexibility index (Phi) is 18.6. The van der Waals surface area contributed by atoms with Gasteiger partial charge < -0.3 is 52.1 Å². The predicted octanol–water partition coefficient (Wildman–Crippen LogP) is 1.26. The molecule has 1 saturated heterocycles. The number of nitrogen functional groups attached to an aromatic ring is 2. The van der Waals surface area contributed by atoms with Gasteiger partial charge in [0.25, 0.3) is 5.91 Å². The summed E-state index contributed by atoms with van der Waals surface area (Å²) in [5.41, 5.74) is 13.9. The Morgan fingerprint density at radius 3 is 2.28 bits per heavy atom. The molecule has 304 valence electrons. The molecule has 0 aliphatic carbocycles. The van der Waals surface area contributed by atoms with Crippen LogP contribution >= 0.6 is 11.6 Å². The number of aliphatic hydroxyl groups excluding tert-OH is 5. The molecule has 0 unspecified atom stereocenters. The van der Waals surface area contributed by atoms with Crippen LogP contribution in [-0.2, 0) is 6.42 Å². The number of hydrazine groups is 1. The van der Waals surface area contributed by atoms with Crippen molar-refractivity contribution < 1.29 is 35.1 Å². The van der Waals surface area contributed by atoms with Crippen LogP contribution in [-0.4, -0.2) is 157 Å². The lowest BCUT2D eigenvalue weighted by atomic mass is 9.94. The van der Waals surface area contributed by atoms with Crippen LogP contribution < -0.4 is 16.8 Å². The van der Waals surface area contributed by atoms with Crippen molar-refractivity contribution in [1.82, 2.24) is 35.1 Å². The number of nitrogens with two attached hydrogens (primary N) is 2. The third-order valence-electron chi connectivity index (χ3n) is 10.2. The number of carbonyl (C=O) groups is 2. The monoisotopic (exact) mass is 779 g/mol. The van der Waals surface area contributed by atoms with Crippen molar-refractivity contribution in [2.24, 2.45) is 5.92 Å². The summed E-state index contributed by atoms with van der Waals surface area (Å²) >= 11 is 6.02. The molecule has 1 aromatic carbocycles. The van der Waals surface area contributed by atoms with Gasteiger partial charge in [0.1, 0.15) is 18.3 Å². The summed E-state index contributed by atoms with van der Waals surface area (Å²) in [7, 11) is 2.06. The fraction of sp³-hybridized carbons (Fsp3) is 0.676. The number of aromatic nitrogens is 2. The van der Waals surface area contributed by atoms with Gasteiger partial charge >= 0.3 is 6.03 Å². The van der Waals surface area contributed by atoms with E-state index in [1.165, 1.54) is 5.56 Å². The molecule has 1 fully saturated rings. The number of nitrogens with one attached hydrogen (secondary N) is 1. The number of aliphatic hydroxyl groups is 5. The zero-order chi connectivity index (χ0) is 39.9. The second kappa shape index (κ2) is 22.3. The molecule has 3 rings (SSSR count). The molecule has 2 aromatic rings. The standard InChI is InChI=1S/C37H62ClN9O7/c1-5-7-8-11-16-46(22-28(49)31(51)32(52)29(50)23-48)47(6-2)37(54)45-17-14-27(15-18-45)44(4)21-25(19-26-13-10-9-12-24(26)3)20-41-36(53)30-34(39)43-35(40)33(38)42-30/h9-10,12-13,25,27-29,31-32,48-52H,5-8,11,14-23H2,1-4H3,(H,41,53)(H4,39,40,43)/t25-,28+,29-,31-,32-/m1/s1. The maximum absolute atomic E-state index is 14.0. The average molecular weight is 780 g/mol. The first kappa shape index (κ1) is 45.0. The molecule has 2 heterocycles. The van der Waals surface area contributed by atoms with Gasteiger partial charge in [-0.2, -0.15) is 0 Å². The van der Waals surface area contributed by atoms with Gasteiger partial charge in [-0.15, -0.1) is 0 Å². The highest BCUT2D eigenvalue weighted by atomic mass is 35.5. The SMILES string of the molecule is CCCCCCN(C[C@H](O)[C@@H](O)[C@H](O)[C@H](O)CO)N(CC)C(=O)N1CCC(N(C)C[C@@H](CNC(=O)c2nc(Cl)c(N)nc2N)Cc2ccccc2C)CC1. The smallest absolute Gasteiger partial charge is 0.334 e. The Morgan fingerprint density at radius 2 is 1.65 bits per heavy atom. The number of hydrogen-bond donors (Lipinski definition) is 8. The highest BCUT2D eigenvalue weighted by Gasteiger charge is 2.35. The third kappa shape index (κ3) is 12.9. The lowest BCUT2D eigenvalue weighted by Gasteiger charge is -2.43. The number of nitrogens with zero attached hydrogens (tertiary/aromatic N) is 6. The molecule has 5 atom stereocenters. The Hall–Kier alpha value is -3.35. The third-order valence-corrected chi connectivity index (χ3v) is 10.5. The summed E-state index contributed by atoms with van der Waals surface area (Å²) in [6.45, 7) is 7.89. The van der Waals surface area contributed by atoms with E-state index < -0.39 is 36.9 Å². The van der Waals surface area contributed by atoms with Crippen LogP contribution in [0.3, 0.4) is 0 Å². The molecule has 17 heteroatoms. The zero-order valence-electron chi connectivity index (χ0n) is 32.1. The number of amides is 3. The lowest BCUT2D eigenvalue weighted by Crippen LogP contribution is -2.58. The fourth-order valence-corrected chi connectivity index (χ4v) is 7.00. The number of urea groups is 1. The van der Waals surface area contributed by atoms with Crippen LogP contribution in [0.4, 0.5) is 16.4 Å². The highest BCUT2D eigenvalue weighted by molar-refractivity contribution is 6.31. The quantitative estimate of drug-likeness (QED) is 0.0659. The first-order valence-corrected chi connectivity index (χ1v) is 19.4. The molecule has 1 aliphatic heterocycles. The molecule has 0 radical (unpaired) electrons. The molecule has 54 heavy (non-hydrogen) atoms. The number of carbonyl (C=O) groups excluding carboxylic acids is 2. The summed E-state index contributed by atoms with van der Waals surface area (Å²) in [5, 5.41) is 56.7. The minimum Gasteiger partial charge on any atom is -0.394 e. The van der Waals surface area contributed by atoms with Gasteiger partial charge in [0.05, 0.1) is 12.7 Å². The molecule has 0 spiro atoms. The van der Waals surface area contributed by atoms with Crippen molar-refractivity contribution in [2.45, 2.75) is 96.2 Å². The van der Waals surface area contributed by atoms with E-state index in [1.807, 2.05) is 19.1 Å². The number of piperidine rings is 1. The van der Waals surface area contributed by atoms with Crippen LogP contribution in [0.5, 0.6) is 0 Å². The van der Waals surface area contributed by atoms with E-state index in [0.717, 1.165) is 44.1 Å².